The van der Waals surface area contributed by atoms with Crippen molar-refractivity contribution in [3.8, 4) is 12.3 Å². The number of terminal acetylenes is 1. The van der Waals surface area contributed by atoms with Gasteiger partial charge >= 0.3 is 0 Å². The highest BCUT2D eigenvalue weighted by atomic mass is 28.4. The van der Waals surface area contributed by atoms with Crippen LogP contribution in [0.4, 0.5) is 0 Å². The minimum absolute atomic E-state index is 0.227. The summed E-state index contributed by atoms with van der Waals surface area (Å²) in [6.45, 7) is 8.97. The lowest BCUT2D eigenvalue weighted by Crippen LogP contribution is -2.51. The van der Waals surface area contributed by atoms with Gasteiger partial charge in [0.15, 0.2) is 14.6 Å². The van der Waals surface area contributed by atoms with Gasteiger partial charge in [-0.25, -0.2) is 0 Å². The molecule has 2 aliphatic rings. The van der Waals surface area contributed by atoms with Crippen molar-refractivity contribution in [2.24, 2.45) is 5.92 Å². The molecule has 0 bridgehead atoms. The first-order valence-electron chi connectivity index (χ1n) is 10.8. The Kier molecular flexibility index (Phi) is 7.55. The minimum atomic E-state index is -1.93. The van der Waals surface area contributed by atoms with Crippen molar-refractivity contribution in [1.29, 1.82) is 0 Å². The molecule has 0 spiro atoms. The van der Waals surface area contributed by atoms with Gasteiger partial charge in [-0.3, -0.25) is 0 Å². The number of aliphatic hydroxyl groups excluding tert-OH is 1. The number of hydrogen-bond donors (Lipinski definition) is 1. The third-order valence-corrected chi connectivity index (χ3v) is 11.3. The molecule has 0 aromatic heterocycles. The van der Waals surface area contributed by atoms with Crippen molar-refractivity contribution in [3.05, 3.63) is 35.9 Å². The number of aliphatic hydroxyl groups is 1. The predicted molar refractivity (Wildman–Crippen MR) is 115 cm³/mol. The van der Waals surface area contributed by atoms with Gasteiger partial charge in [0.05, 0.1) is 12.7 Å². The zero-order valence-corrected chi connectivity index (χ0v) is 18.9. The largest absolute Gasteiger partial charge is 0.409 e. The van der Waals surface area contributed by atoms with Crippen molar-refractivity contribution in [2.75, 3.05) is 6.61 Å². The maximum absolute atomic E-state index is 10.3. The molecule has 0 saturated carbocycles. The van der Waals surface area contributed by atoms with Gasteiger partial charge in [-0.2, -0.15) is 0 Å². The molecule has 0 radical (unpaired) electrons. The Morgan fingerprint density at radius 3 is 2.41 bits per heavy atom. The molecule has 160 valence electrons. The van der Waals surface area contributed by atoms with Crippen molar-refractivity contribution < 1.29 is 23.7 Å². The van der Waals surface area contributed by atoms with E-state index in [1.54, 1.807) is 0 Å². The van der Waals surface area contributed by atoms with Crippen LogP contribution < -0.4 is 0 Å². The van der Waals surface area contributed by atoms with Gasteiger partial charge in [0, 0.05) is 11.5 Å². The molecule has 0 amide bonds. The van der Waals surface area contributed by atoms with E-state index in [1.807, 2.05) is 37.3 Å². The van der Waals surface area contributed by atoms with Crippen LogP contribution in [-0.4, -0.2) is 50.6 Å². The smallest absolute Gasteiger partial charge is 0.192 e. The lowest BCUT2D eigenvalue weighted by atomic mass is 9.93. The van der Waals surface area contributed by atoms with E-state index in [4.69, 9.17) is 25.1 Å². The van der Waals surface area contributed by atoms with Crippen LogP contribution in [0.25, 0.3) is 0 Å². The molecule has 2 heterocycles. The highest BCUT2D eigenvalue weighted by Crippen LogP contribution is 2.41. The molecule has 3 rings (SSSR count). The van der Waals surface area contributed by atoms with E-state index in [0.717, 1.165) is 23.7 Å². The molecule has 0 unspecified atom stereocenters. The van der Waals surface area contributed by atoms with E-state index in [9.17, 15) is 5.11 Å². The van der Waals surface area contributed by atoms with E-state index in [0.29, 0.717) is 6.61 Å². The van der Waals surface area contributed by atoms with Gasteiger partial charge in [-0.1, -0.05) is 63.9 Å². The molecule has 7 atom stereocenters. The second kappa shape index (κ2) is 9.74. The maximum Gasteiger partial charge on any atom is 0.192 e. The van der Waals surface area contributed by atoms with Crippen LogP contribution in [0.3, 0.4) is 0 Å². The first kappa shape index (κ1) is 22.5. The van der Waals surface area contributed by atoms with Crippen LogP contribution >= 0.6 is 0 Å². The highest BCUT2D eigenvalue weighted by Gasteiger charge is 2.54. The Morgan fingerprint density at radius 2 is 1.83 bits per heavy atom. The summed E-state index contributed by atoms with van der Waals surface area (Å²) in [4.78, 5) is 0. The standard InChI is InChI=1S/C23H34O5Si/c1-6-18(24)16(5)20-22(28-29(7-2,8-3)9-4)21-19(26-20)15-25-23(27-21)17-13-11-10-12-14-17/h1,10-14,16,18-24H,7-9,15H2,2-5H3/t16-,18-,19-,20+,21+,22-,23+/m1/s1. The minimum Gasteiger partial charge on any atom is -0.409 e. The van der Waals surface area contributed by atoms with Gasteiger partial charge in [0.25, 0.3) is 0 Å². The third kappa shape index (κ3) is 4.61. The number of hydrogen-bond acceptors (Lipinski definition) is 5. The van der Waals surface area contributed by atoms with E-state index in [1.165, 1.54) is 0 Å². The second-order valence-electron chi connectivity index (χ2n) is 8.11. The maximum atomic E-state index is 10.3. The number of fused-ring (bicyclic) bond motifs is 1. The van der Waals surface area contributed by atoms with Gasteiger partial charge in [-0.05, 0) is 18.1 Å². The number of rotatable bonds is 8. The van der Waals surface area contributed by atoms with Crippen LogP contribution in [0.2, 0.25) is 18.1 Å². The molecule has 5 nitrogen and oxygen atoms in total. The topological polar surface area (TPSA) is 57.2 Å². The summed E-state index contributed by atoms with van der Waals surface area (Å²) in [6.07, 6.45) is 3.09. The van der Waals surface area contributed by atoms with Crippen LogP contribution in [0.1, 0.15) is 39.5 Å². The first-order valence-corrected chi connectivity index (χ1v) is 13.3. The molecule has 2 saturated heterocycles. The normalized spacial score (nSPS) is 31.7. The van der Waals surface area contributed by atoms with Crippen LogP contribution in [-0.2, 0) is 18.6 Å². The van der Waals surface area contributed by atoms with Gasteiger partial charge in [0.2, 0.25) is 0 Å². The van der Waals surface area contributed by atoms with Gasteiger partial charge in [0.1, 0.15) is 24.4 Å². The summed E-state index contributed by atoms with van der Waals surface area (Å²) < 4.78 is 25.6. The van der Waals surface area contributed by atoms with Crippen molar-refractivity contribution in [3.63, 3.8) is 0 Å². The van der Waals surface area contributed by atoms with E-state index < -0.39 is 20.7 Å². The zero-order chi connectivity index (χ0) is 21.0. The molecule has 2 fully saturated rings. The fourth-order valence-electron chi connectivity index (χ4n) is 4.38. The average molecular weight is 419 g/mol. The molecule has 2 aliphatic heterocycles. The zero-order valence-electron chi connectivity index (χ0n) is 17.9. The third-order valence-electron chi connectivity index (χ3n) is 6.62. The lowest BCUT2D eigenvalue weighted by molar-refractivity contribution is -0.251. The summed E-state index contributed by atoms with van der Waals surface area (Å²) in [6, 6.07) is 13.0. The number of ether oxygens (including phenoxy) is 3. The van der Waals surface area contributed by atoms with Gasteiger partial charge < -0.3 is 23.7 Å². The predicted octanol–water partition coefficient (Wildman–Crippen LogP) is 3.89. The summed E-state index contributed by atoms with van der Waals surface area (Å²) in [5, 5.41) is 10.3. The Labute approximate surface area is 175 Å². The van der Waals surface area contributed by atoms with Gasteiger partial charge in [-0.15, -0.1) is 6.42 Å². The molecule has 1 aromatic carbocycles. The summed E-state index contributed by atoms with van der Waals surface area (Å²) >= 11 is 0. The SMILES string of the molecule is C#C[C@@H](O)[C@@H](C)[C@@H]1O[C@@H]2CO[C@H](c3ccccc3)O[C@@H]2[C@@H]1O[Si](CC)(CC)CC. The molecular weight excluding hydrogens is 384 g/mol. The molecular formula is C23H34O5Si. The van der Waals surface area contributed by atoms with E-state index in [-0.39, 0.29) is 30.3 Å². The van der Waals surface area contributed by atoms with E-state index in [2.05, 4.69) is 26.7 Å². The Hall–Kier alpha value is -1.20. The Balaban J connectivity index is 1.88. The van der Waals surface area contributed by atoms with Crippen LogP contribution in [0, 0.1) is 18.3 Å². The summed E-state index contributed by atoms with van der Waals surface area (Å²) in [7, 11) is -1.93. The van der Waals surface area contributed by atoms with Crippen LogP contribution in [0.5, 0.6) is 0 Å². The summed E-state index contributed by atoms with van der Waals surface area (Å²) in [5.41, 5.74) is 0.981. The van der Waals surface area contributed by atoms with Crippen LogP contribution in [0.15, 0.2) is 30.3 Å². The highest BCUT2D eigenvalue weighted by molar-refractivity contribution is 6.73. The molecule has 6 heteroatoms. The summed E-state index contributed by atoms with van der Waals surface area (Å²) in [5.74, 6) is 2.18. The molecule has 1 N–H and O–H groups in total. The molecule has 0 aliphatic carbocycles. The first-order chi connectivity index (χ1) is 14.0. The molecule has 1 aromatic rings. The lowest BCUT2D eigenvalue weighted by Gasteiger charge is -2.39. The number of benzene rings is 1. The fraction of sp³-hybridized carbons (Fsp3) is 0.652. The van der Waals surface area contributed by atoms with Crippen molar-refractivity contribution >= 4 is 8.32 Å². The van der Waals surface area contributed by atoms with Crippen molar-refractivity contribution in [1.82, 2.24) is 0 Å². The van der Waals surface area contributed by atoms with Crippen molar-refractivity contribution in [2.45, 2.75) is 82.6 Å². The average Bonchev–Trinajstić information content (AvgIpc) is 3.14. The monoisotopic (exact) mass is 418 g/mol. The molecule has 29 heavy (non-hydrogen) atoms. The fourth-order valence-corrected chi connectivity index (χ4v) is 7.23. The quantitative estimate of drug-likeness (QED) is 0.513. The Bertz CT molecular complexity index is 678. The van der Waals surface area contributed by atoms with E-state index >= 15 is 0 Å². The Morgan fingerprint density at radius 1 is 1.17 bits per heavy atom. The second-order valence-corrected chi connectivity index (χ2v) is 12.8.